The maximum atomic E-state index is 13.3. The second kappa shape index (κ2) is 7.76. The third-order valence-electron chi connectivity index (χ3n) is 4.90. The molecule has 29 heavy (non-hydrogen) atoms. The highest BCUT2D eigenvalue weighted by molar-refractivity contribution is 5.80. The van der Waals surface area contributed by atoms with Crippen LogP contribution in [0.15, 0.2) is 77.6 Å². The molecule has 4 rings (SSSR count). The van der Waals surface area contributed by atoms with Crippen LogP contribution in [0.2, 0.25) is 0 Å². The van der Waals surface area contributed by atoms with E-state index in [1.807, 2.05) is 81.7 Å². The van der Waals surface area contributed by atoms with E-state index < -0.39 is 0 Å². The number of anilines is 1. The zero-order valence-corrected chi connectivity index (χ0v) is 16.8. The Morgan fingerprint density at radius 3 is 2.38 bits per heavy atom. The molecule has 0 amide bonds. The molecule has 0 unspecified atom stereocenters. The summed E-state index contributed by atoms with van der Waals surface area (Å²) in [5.41, 5.74) is 4.73. The third kappa shape index (κ3) is 3.83. The van der Waals surface area contributed by atoms with E-state index in [0.717, 1.165) is 22.5 Å². The maximum Gasteiger partial charge on any atom is 0.266 e. The van der Waals surface area contributed by atoms with E-state index >= 15 is 0 Å². The molecule has 0 saturated carbocycles. The average molecular weight is 381 g/mol. The molecular weight excluding hydrogens is 358 g/mol. The Labute approximate surface area is 170 Å². The molecule has 0 atom stereocenters. The molecule has 0 N–H and O–H groups in total. The molecule has 4 aromatic rings. The van der Waals surface area contributed by atoms with Gasteiger partial charge in [0.15, 0.2) is 0 Å². The monoisotopic (exact) mass is 381 g/mol. The van der Waals surface area contributed by atoms with Crippen molar-refractivity contribution in [1.82, 2.24) is 9.55 Å². The van der Waals surface area contributed by atoms with Gasteiger partial charge in [0, 0.05) is 19.8 Å². The summed E-state index contributed by atoms with van der Waals surface area (Å²) in [5.74, 6) is 0.607. The van der Waals surface area contributed by atoms with Crippen molar-refractivity contribution in [2.75, 3.05) is 19.0 Å². The molecule has 3 aromatic carbocycles. The molecule has 0 saturated heterocycles. The molecule has 1 aromatic heterocycles. The molecule has 0 fully saturated rings. The maximum absolute atomic E-state index is 13.3. The predicted octanol–water partition coefficient (Wildman–Crippen LogP) is 4.93. The van der Waals surface area contributed by atoms with Crippen LogP contribution in [0, 0.1) is 6.92 Å². The lowest BCUT2D eigenvalue weighted by molar-refractivity contribution is 0.942. The first-order valence-electron chi connectivity index (χ1n) is 9.57. The summed E-state index contributed by atoms with van der Waals surface area (Å²) in [6.07, 6.45) is 3.89. The quantitative estimate of drug-likeness (QED) is 0.503. The van der Waals surface area contributed by atoms with Gasteiger partial charge in [-0.3, -0.25) is 9.36 Å². The number of nitrogens with zero attached hydrogens (tertiary/aromatic N) is 3. The minimum absolute atomic E-state index is 0.0659. The highest BCUT2D eigenvalue weighted by atomic mass is 16.1. The van der Waals surface area contributed by atoms with Gasteiger partial charge in [0.1, 0.15) is 5.82 Å². The lowest BCUT2D eigenvalue weighted by Crippen LogP contribution is -2.22. The van der Waals surface area contributed by atoms with E-state index in [2.05, 4.69) is 29.2 Å². The van der Waals surface area contributed by atoms with Gasteiger partial charge < -0.3 is 4.90 Å². The number of aryl methyl sites for hydroxylation is 1. The van der Waals surface area contributed by atoms with E-state index in [-0.39, 0.29) is 5.56 Å². The molecule has 0 aliphatic carbocycles. The molecular formula is C25H23N3O. The van der Waals surface area contributed by atoms with Crippen LogP contribution in [0.1, 0.15) is 17.0 Å². The SMILES string of the molecule is Cc1cccc(-n2c(/C=C/c3ccc(N(C)C)cc3)nc3ccccc3c2=O)c1. The number of fused-ring (bicyclic) bond motifs is 1. The summed E-state index contributed by atoms with van der Waals surface area (Å²) in [5, 5.41) is 0.612. The second-order valence-corrected chi connectivity index (χ2v) is 7.29. The second-order valence-electron chi connectivity index (χ2n) is 7.29. The van der Waals surface area contributed by atoms with E-state index in [4.69, 9.17) is 4.98 Å². The van der Waals surface area contributed by atoms with Crippen LogP contribution in [0.25, 0.3) is 28.7 Å². The van der Waals surface area contributed by atoms with E-state index in [0.29, 0.717) is 16.7 Å². The van der Waals surface area contributed by atoms with Crippen LogP contribution in [0.4, 0.5) is 5.69 Å². The van der Waals surface area contributed by atoms with Gasteiger partial charge in [-0.1, -0.05) is 42.5 Å². The van der Waals surface area contributed by atoms with Crippen LogP contribution in [-0.4, -0.2) is 23.6 Å². The van der Waals surface area contributed by atoms with Gasteiger partial charge in [-0.25, -0.2) is 4.98 Å². The van der Waals surface area contributed by atoms with Gasteiger partial charge in [0.05, 0.1) is 16.6 Å². The van der Waals surface area contributed by atoms with Gasteiger partial charge in [-0.15, -0.1) is 0 Å². The van der Waals surface area contributed by atoms with E-state index in [9.17, 15) is 4.79 Å². The van der Waals surface area contributed by atoms with Gasteiger partial charge in [-0.05, 0) is 60.5 Å². The summed E-state index contributed by atoms with van der Waals surface area (Å²) in [7, 11) is 4.04. The van der Waals surface area contributed by atoms with Crippen LogP contribution in [0.3, 0.4) is 0 Å². The van der Waals surface area contributed by atoms with Crippen LogP contribution in [-0.2, 0) is 0 Å². The topological polar surface area (TPSA) is 38.1 Å². The Hall–Kier alpha value is -3.66. The van der Waals surface area contributed by atoms with Gasteiger partial charge in [0.2, 0.25) is 0 Å². The predicted molar refractivity (Wildman–Crippen MR) is 122 cm³/mol. The smallest absolute Gasteiger partial charge is 0.266 e. The third-order valence-corrected chi connectivity index (χ3v) is 4.90. The summed E-state index contributed by atoms with van der Waals surface area (Å²) < 4.78 is 1.68. The van der Waals surface area contributed by atoms with Crippen LogP contribution in [0.5, 0.6) is 0 Å². The molecule has 0 spiro atoms. The van der Waals surface area contributed by atoms with Gasteiger partial charge in [0.25, 0.3) is 5.56 Å². The Kier molecular flexibility index (Phi) is 5.00. The molecule has 4 nitrogen and oxygen atoms in total. The Bertz CT molecular complexity index is 1250. The highest BCUT2D eigenvalue weighted by Gasteiger charge is 2.11. The van der Waals surface area contributed by atoms with Crippen molar-refractivity contribution >= 4 is 28.7 Å². The van der Waals surface area contributed by atoms with Crippen molar-refractivity contribution in [3.63, 3.8) is 0 Å². The summed E-state index contributed by atoms with van der Waals surface area (Å²) in [6, 6.07) is 23.6. The zero-order chi connectivity index (χ0) is 20.4. The van der Waals surface area contributed by atoms with Gasteiger partial charge in [-0.2, -0.15) is 0 Å². The van der Waals surface area contributed by atoms with Crippen LogP contribution >= 0.6 is 0 Å². The number of aromatic nitrogens is 2. The normalized spacial score (nSPS) is 11.3. The first kappa shape index (κ1) is 18.7. The number of hydrogen-bond donors (Lipinski definition) is 0. The average Bonchev–Trinajstić information content (AvgIpc) is 2.72. The molecule has 0 aliphatic rings. The lowest BCUT2D eigenvalue weighted by atomic mass is 10.1. The van der Waals surface area contributed by atoms with Crippen LogP contribution < -0.4 is 10.5 Å². The molecule has 0 aliphatic heterocycles. The summed E-state index contributed by atoms with van der Waals surface area (Å²) in [6.45, 7) is 2.02. The fourth-order valence-corrected chi connectivity index (χ4v) is 3.33. The van der Waals surface area contributed by atoms with E-state index in [1.54, 1.807) is 4.57 Å². The minimum Gasteiger partial charge on any atom is -0.378 e. The standard InChI is InChI=1S/C25H23N3O/c1-18-7-6-8-21(17-18)28-24(26-23-10-5-4-9-22(23)25(28)29)16-13-19-11-14-20(15-12-19)27(2)3/h4-17H,1-3H3/b16-13+. The fourth-order valence-electron chi connectivity index (χ4n) is 3.33. The molecule has 1 heterocycles. The largest absolute Gasteiger partial charge is 0.378 e. The number of benzene rings is 3. The number of hydrogen-bond acceptors (Lipinski definition) is 3. The van der Waals surface area contributed by atoms with Crippen molar-refractivity contribution in [3.8, 4) is 5.69 Å². The molecule has 144 valence electrons. The highest BCUT2D eigenvalue weighted by Crippen LogP contribution is 2.18. The fraction of sp³-hybridized carbons (Fsp3) is 0.120. The Morgan fingerprint density at radius 2 is 1.66 bits per heavy atom. The molecule has 0 bridgehead atoms. The van der Waals surface area contributed by atoms with E-state index in [1.165, 1.54) is 0 Å². The first-order valence-corrected chi connectivity index (χ1v) is 9.57. The van der Waals surface area contributed by atoms with Crippen molar-refractivity contribution in [3.05, 3.63) is 100 Å². The zero-order valence-electron chi connectivity index (χ0n) is 16.8. The minimum atomic E-state index is -0.0659. The summed E-state index contributed by atoms with van der Waals surface area (Å²) in [4.78, 5) is 20.1. The molecule has 4 heteroatoms. The number of rotatable bonds is 4. The molecule has 0 radical (unpaired) electrons. The lowest BCUT2D eigenvalue weighted by Gasteiger charge is -2.13. The number of para-hydroxylation sites is 1. The van der Waals surface area contributed by atoms with Crippen molar-refractivity contribution < 1.29 is 0 Å². The van der Waals surface area contributed by atoms with Crippen molar-refractivity contribution in [1.29, 1.82) is 0 Å². The Balaban J connectivity index is 1.86. The van der Waals surface area contributed by atoms with Crippen molar-refractivity contribution in [2.45, 2.75) is 6.92 Å². The summed E-state index contributed by atoms with van der Waals surface area (Å²) >= 11 is 0. The van der Waals surface area contributed by atoms with Gasteiger partial charge >= 0.3 is 0 Å². The van der Waals surface area contributed by atoms with Crippen molar-refractivity contribution in [2.24, 2.45) is 0 Å². The Morgan fingerprint density at radius 1 is 0.897 bits per heavy atom. The first-order chi connectivity index (χ1) is 14.0.